The zero-order valence-corrected chi connectivity index (χ0v) is 7.88. The minimum Gasteiger partial charge on any atom is -0.385 e. The van der Waals surface area contributed by atoms with Gasteiger partial charge in [0.25, 0.3) is 0 Å². The van der Waals surface area contributed by atoms with E-state index in [1.165, 1.54) is 0 Å². The molecule has 0 aliphatic rings. The van der Waals surface area contributed by atoms with Crippen LogP contribution in [0.5, 0.6) is 0 Å². The van der Waals surface area contributed by atoms with Crippen molar-refractivity contribution in [1.29, 1.82) is 0 Å². The predicted octanol–water partition coefficient (Wildman–Crippen LogP) is 1.01. The van der Waals surface area contributed by atoms with Gasteiger partial charge in [0.05, 0.1) is 13.2 Å². The molecule has 12 heavy (non-hydrogen) atoms. The molecule has 0 atom stereocenters. The topological polar surface area (TPSA) is 36.9 Å². The van der Waals surface area contributed by atoms with Crippen molar-refractivity contribution in [3.8, 4) is 0 Å². The summed E-state index contributed by atoms with van der Waals surface area (Å²) in [6, 6.07) is 0. The highest BCUT2D eigenvalue weighted by atomic mass is 17.2. The Balaban J connectivity index is 2.73. The van der Waals surface area contributed by atoms with Gasteiger partial charge >= 0.3 is 0 Å². The number of rotatable bonds is 9. The van der Waals surface area contributed by atoms with Crippen molar-refractivity contribution in [3.05, 3.63) is 0 Å². The van der Waals surface area contributed by atoms with E-state index in [0.29, 0.717) is 26.4 Å². The van der Waals surface area contributed by atoms with Crippen LogP contribution in [0.4, 0.5) is 0 Å². The van der Waals surface area contributed by atoms with Crippen LogP contribution in [0, 0.1) is 0 Å². The Hall–Kier alpha value is -0.160. The summed E-state index contributed by atoms with van der Waals surface area (Å²) in [5.74, 6) is 0. The van der Waals surface area contributed by atoms with E-state index in [9.17, 15) is 0 Å². The second-order valence-corrected chi connectivity index (χ2v) is 2.34. The average Bonchev–Trinajstić information content (AvgIpc) is 2.10. The van der Waals surface area contributed by atoms with Crippen LogP contribution in [0.1, 0.15) is 12.8 Å². The summed E-state index contributed by atoms with van der Waals surface area (Å²) >= 11 is 0. The quantitative estimate of drug-likeness (QED) is 0.300. The summed E-state index contributed by atoms with van der Waals surface area (Å²) in [7, 11) is 3.33. The van der Waals surface area contributed by atoms with Crippen LogP contribution in [-0.4, -0.2) is 40.6 Å². The first kappa shape index (κ1) is 11.8. The van der Waals surface area contributed by atoms with E-state index in [4.69, 9.17) is 19.2 Å². The molecule has 0 radical (unpaired) electrons. The molecule has 0 aliphatic heterocycles. The van der Waals surface area contributed by atoms with E-state index in [-0.39, 0.29) is 0 Å². The minimum atomic E-state index is 0.584. The smallest absolute Gasteiger partial charge is 0.0844 e. The molecule has 0 amide bonds. The van der Waals surface area contributed by atoms with Crippen molar-refractivity contribution in [3.63, 3.8) is 0 Å². The van der Waals surface area contributed by atoms with Crippen LogP contribution in [-0.2, 0) is 19.2 Å². The van der Waals surface area contributed by atoms with Crippen LogP contribution in [0.25, 0.3) is 0 Å². The van der Waals surface area contributed by atoms with Gasteiger partial charge < -0.3 is 9.47 Å². The maximum atomic E-state index is 4.85. The largest absolute Gasteiger partial charge is 0.385 e. The third-order valence-electron chi connectivity index (χ3n) is 1.24. The zero-order valence-electron chi connectivity index (χ0n) is 7.88. The monoisotopic (exact) mass is 178 g/mol. The van der Waals surface area contributed by atoms with Gasteiger partial charge in [-0.3, -0.25) is 0 Å². The SMILES string of the molecule is COCCCOOCCCOC. The lowest BCUT2D eigenvalue weighted by Gasteiger charge is -2.02. The Morgan fingerprint density at radius 3 is 1.42 bits per heavy atom. The van der Waals surface area contributed by atoms with Gasteiger partial charge in [0, 0.05) is 27.4 Å². The molecule has 74 valence electrons. The average molecular weight is 178 g/mol. The second kappa shape index (κ2) is 10.8. The lowest BCUT2D eigenvalue weighted by molar-refractivity contribution is -0.296. The molecule has 0 bridgehead atoms. The molecule has 0 saturated heterocycles. The van der Waals surface area contributed by atoms with E-state index < -0.39 is 0 Å². The first-order chi connectivity index (χ1) is 5.91. The van der Waals surface area contributed by atoms with Gasteiger partial charge in [-0.05, 0) is 12.8 Å². The molecule has 0 aromatic rings. The Morgan fingerprint density at radius 2 is 1.08 bits per heavy atom. The van der Waals surface area contributed by atoms with Gasteiger partial charge in [-0.25, -0.2) is 9.78 Å². The molecule has 4 nitrogen and oxygen atoms in total. The molecule has 0 aromatic carbocycles. The molecule has 0 rings (SSSR count). The highest BCUT2D eigenvalue weighted by Gasteiger charge is 1.89. The van der Waals surface area contributed by atoms with Crippen molar-refractivity contribution >= 4 is 0 Å². The predicted molar refractivity (Wildman–Crippen MR) is 44.9 cm³/mol. The number of hydrogen-bond acceptors (Lipinski definition) is 4. The van der Waals surface area contributed by atoms with Gasteiger partial charge in [-0.15, -0.1) is 0 Å². The Kier molecular flexibility index (Phi) is 10.7. The lowest BCUT2D eigenvalue weighted by Crippen LogP contribution is -2.03. The van der Waals surface area contributed by atoms with E-state index in [2.05, 4.69) is 0 Å². The molecular formula is C8H18O4. The molecule has 0 unspecified atom stereocenters. The summed E-state index contributed by atoms with van der Waals surface area (Å²) in [4.78, 5) is 9.69. The van der Waals surface area contributed by atoms with Crippen molar-refractivity contribution in [2.24, 2.45) is 0 Å². The van der Waals surface area contributed by atoms with Crippen LogP contribution in [0.15, 0.2) is 0 Å². The van der Waals surface area contributed by atoms with E-state index >= 15 is 0 Å². The standard InChI is InChI=1S/C8H18O4/c1-9-5-3-7-11-12-8-4-6-10-2/h3-8H2,1-2H3. The van der Waals surface area contributed by atoms with Gasteiger partial charge in [0.15, 0.2) is 0 Å². The van der Waals surface area contributed by atoms with Crippen molar-refractivity contribution in [2.75, 3.05) is 40.6 Å². The maximum absolute atomic E-state index is 4.85. The molecule has 0 aromatic heterocycles. The molecule has 0 N–H and O–H groups in total. The fraction of sp³-hybridized carbons (Fsp3) is 1.00. The van der Waals surface area contributed by atoms with Gasteiger partial charge in [-0.2, -0.15) is 0 Å². The zero-order chi connectivity index (χ0) is 9.07. The molecule has 4 heteroatoms. The molecule has 0 saturated carbocycles. The first-order valence-corrected chi connectivity index (χ1v) is 4.14. The van der Waals surface area contributed by atoms with Crippen LogP contribution >= 0.6 is 0 Å². The van der Waals surface area contributed by atoms with Crippen molar-refractivity contribution in [1.82, 2.24) is 0 Å². The summed E-state index contributed by atoms with van der Waals surface area (Å²) in [6.07, 6.45) is 1.72. The lowest BCUT2D eigenvalue weighted by atomic mass is 10.5. The Labute approximate surface area is 73.7 Å². The maximum Gasteiger partial charge on any atom is 0.0844 e. The minimum absolute atomic E-state index is 0.584. The second-order valence-electron chi connectivity index (χ2n) is 2.34. The number of ether oxygens (including phenoxy) is 2. The van der Waals surface area contributed by atoms with Crippen LogP contribution < -0.4 is 0 Å². The molecule has 0 fully saturated rings. The Morgan fingerprint density at radius 1 is 0.667 bits per heavy atom. The third-order valence-corrected chi connectivity index (χ3v) is 1.24. The first-order valence-electron chi connectivity index (χ1n) is 4.14. The van der Waals surface area contributed by atoms with E-state index in [1.807, 2.05) is 0 Å². The molecule has 0 aliphatic carbocycles. The molecule has 0 spiro atoms. The molecule has 0 heterocycles. The summed E-state index contributed by atoms with van der Waals surface area (Å²) in [6.45, 7) is 2.59. The number of methoxy groups -OCH3 is 2. The van der Waals surface area contributed by atoms with Gasteiger partial charge in [0.2, 0.25) is 0 Å². The van der Waals surface area contributed by atoms with Crippen molar-refractivity contribution < 1.29 is 19.2 Å². The molecular weight excluding hydrogens is 160 g/mol. The summed E-state index contributed by atoms with van der Waals surface area (Å²) in [5.41, 5.74) is 0. The van der Waals surface area contributed by atoms with Crippen molar-refractivity contribution in [2.45, 2.75) is 12.8 Å². The fourth-order valence-electron chi connectivity index (χ4n) is 0.642. The fourth-order valence-corrected chi connectivity index (χ4v) is 0.642. The van der Waals surface area contributed by atoms with Gasteiger partial charge in [-0.1, -0.05) is 0 Å². The van der Waals surface area contributed by atoms with Crippen LogP contribution in [0.2, 0.25) is 0 Å². The van der Waals surface area contributed by atoms with E-state index in [0.717, 1.165) is 12.8 Å². The summed E-state index contributed by atoms with van der Waals surface area (Å²) < 4.78 is 9.66. The van der Waals surface area contributed by atoms with E-state index in [1.54, 1.807) is 14.2 Å². The third kappa shape index (κ3) is 9.84. The van der Waals surface area contributed by atoms with Crippen LogP contribution in [0.3, 0.4) is 0 Å². The normalized spacial score (nSPS) is 10.5. The summed E-state index contributed by atoms with van der Waals surface area (Å²) in [5, 5.41) is 0. The Bertz CT molecular complexity index is 67.5. The highest BCUT2D eigenvalue weighted by Crippen LogP contribution is 1.87. The van der Waals surface area contributed by atoms with Gasteiger partial charge in [0.1, 0.15) is 0 Å². The highest BCUT2D eigenvalue weighted by molar-refractivity contribution is 4.30. The number of hydrogen-bond donors (Lipinski definition) is 0.